The van der Waals surface area contributed by atoms with Crippen LogP contribution in [0.1, 0.15) is 44.1 Å². The Morgan fingerprint density at radius 3 is 2.21 bits per heavy atom. The van der Waals surface area contributed by atoms with E-state index in [0.717, 1.165) is 28.0 Å². The van der Waals surface area contributed by atoms with Gasteiger partial charge in [-0.05, 0) is 44.2 Å². The molecule has 0 spiro atoms. The molecule has 7 nitrogen and oxygen atoms in total. The zero-order valence-corrected chi connectivity index (χ0v) is 21.4. The smallest absolute Gasteiger partial charge is 0.466 e. The van der Waals surface area contributed by atoms with Crippen molar-refractivity contribution in [1.29, 1.82) is 0 Å². The third-order valence-electron chi connectivity index (χ3n) is 5.50. The molecule has 1 atom stereocenters. The van der Waals surface area contributed by atoms with Crippen molar-refractivity contribution in [1.82, 2.24) is 0 Å². The number of nitrogens with two attached hydrogens (primary N) is 1. The van der Waals surface area contributed by atoms with E-state index in [-0.39, 0.29) is 37.2 Å². The molecular weight excluding hydrogens is 467 g/mol. The topological polar surface area (TPSA) is 98.9 Å². The molecule has 1 unspecified atom stereocenters. The van der Waals surface area contributed by atoms with Crippen LogP contribution in [-0.2, 0) is 9.53 Å². The van der Waals surface area contributed by atoms with E-state index in [2.05, 4.69) is 13.8 Å². The SMILES string of the molecule is COC(=O)C1=C(c2ccc(C)cc2)C(CN)=C(CC(C)C)N(c2oc(=O)oc2C)C1C.Cl.Cl. The molecule has 33 heavy (non-hydrogen) atoms. The number of hydrogen-bond acceptors (Lipinski definition) is 7. The minimum absolute atomic E-state index is 0. The Hall–Kier alpha value is -2.48. The molecule has 0 saturated carbocycles. The van der Waals surface area contributed by atoms with Gasteiger partial charge in [-0.2, -0.15) is 0 Å². The quantitative estimate of drug-likeness (QED) is 0.571. The fourth-order valence-corrected chi connectivity index (χ4v) is 4.14. The maximum atomic E-state index is 13.0. The van der Waals surface area contributed by atoms with Gasteiger partial charge in [0.15, 0.2) is 5.76 Å². The van der Waals surface area contributed by atoms with E-state index < -0.39 is 17.8 Å². The third kappa shape index (κ3) is 5.54. The van der Waals surface area contributed by atoms with E-state index >= 15 is 0 Å². The molecule has 1 aliphatic heterocycles. The van der Waals surface area contributed by atoms with Gasteiger partial charge in [-0.25, -0.2) is 9.59 Å². The standard InChI is InChI=1S/C24H30N2O5.2ClH/c1-13(2)11-19-18(12-25)21(17-9-7-14(3)8-10-17)20(23(27)29-6)15(4)26(19)22-16(5)30-24(28)31-22;;/h7-10,13,15H,11-12,25H2,1-6H3;2*1H. The van der Waals surface area contributed by atoms with Crippen LogP contribution >= 0.6 is 24.8 Å². The molecule has 2 N–H and O–H groups in total. The van der Waals surface area contributed by atoms with Crippen molar-refractivity contribution in [2.45, 2.75) is 47.1 Å². The molecule has 0 aliphatic carbocycles. The third-order valence-corrected chi connectivity index (χ3v) is 5.50. The van der Waals surface area contributed by atoms with Gasteiger partial charge in [-0.3, -0.25) is 0 Å². The summed E-state index contributed by atoms with van der Waals surface area (Å²) in [6.45, 7) is 9.98. The number of hydrogen-bond donors (Lipinski definition) is 1. The molecule has 9 heteroatoms. The highest BCUT2D eigenvalue weighted by Gasteiger charge is 2.39. The first-order valence-electron chi connectivity index (χ1n) is 10.4. The molecule has 0 fully saturated rings. The van der Waals surface area contributed by atoms with Crippen molar-refractivity contribution >= 4 is 42.2 Å². The molecule has 2 heterocycles. The summed E-state index contributed by atoms with van der Waals surface area (Å²) in [4.78, 5) is 26.7. The summed E-state index contributed by atoms with van der Waals surface area (Å²) in [5, 5.41) is 0. The molecule has 1 aromatic carbocycles. The van der Waals surface area contributed by atoms with Crippen molar-refractivity contribution in [2.24, 2.45) is 11.7 Å². The molecule has 1 aliphatic rings. The largest absolute Gasteiger partial charge is 0.520 e. The van der Waals surface area contributed by atoms with Gasteiger partial charge in [-0.1, -0.05) is 43.7 Å². The van der Waals surface area contributed by atoms with E-state index in [0.29, 0.717) is 23.7 Å². The number of anilines is 1. The summed E-state index contributed by atoms with van der Waals surface area (Å²) in [6.07, 6.45) is 0.676. The van der Waals surface area contributed by atoms with Crippen LogP contribution in [0.2, 0.25) is 0 Å². The van der Waals surface area contributed by atoms with Crippen LogP contribution < -0.4 is 16.5 Å². The van der Waals surface area contributed by atoms with Crippen LogP contribution in [0.3, 0.4) is 0 Å². The lowest BCUT2D eigenvalue weighted by atomic mass is 9.82. The molecule has 1 aromatic heterocycles. The highest BCUT2D eigenvalue weighted by atomic mass is 35.5. The Labute approximate surface area is 206 Å². The molecular formula is C24H32Cl2N2O5. The second-order valence-electron chi connectivity index (χ2n) is 8.24. The summed E-state index contributed by atoms with van der Waals surface area (Å²) < 4.78 is 15.7. The normalized spacial score (nSPS) is 16.0. The van der Waals surface area contributed by atoms with E-state index in [1.165, 1.54) is 7.11 Å². The Bertz CT molecular complexity index is 1100. The Kier molecular flexibility index (Phi) is 10.0. The molecule has 0 amide bonds. The minimum atomic E-state index is -0.786. The number of carbonyl (C=O) groups is 1. The average Bonchev–Trinajstić information content (AvgIpc) is 3.05. The van der Waals surface area contributed by atoms with Crippen LogP contribution in [0.15, 0.2) is 54.7 Å². The second kappa shape index (κ2) is 11.6. The first kappa shape index (κ1) is 28.6. The number of esters is 1. The zero-order chi connectivity index (χ0) is 22.9. The highest BCUT2D eigenvalue weighted by molar-refractivity contribution is 6.05. The number of allylic oxidation sites excluding steroid dienone is 1. The first-order valence-corrected chi connectivity index (χ1v) is 10.4. The molecule has 0 radical (unpaired) electrons. The Balaban J connectivity index is 0.00000272. The lowest BCUT2D eigenvalue weighted by Crippen LogP contribution is -2.42. The van der Waals surface area contributed by atoms with Crippen LogP contribution in [0.5, 0.6) is 0 Å². The van der Waals surface area contributed by atoms with Gasteiger partial charge in [0.05, 0.1) is 18.7 Å². The van der Waals surface area contributed by atoms with Gasteiger partial charge < -0.3 is 24.2 Å². The van der Waals surface area contributed by atoms with E-state index in [9.17, 15) is 9.59 Å². The minimum Gasteiger partial charge on any atom is -0.466 e. The van der Waals surface area contributed by atoms with Crippen molar-refractivity contribution < 1.29 is 18.4 Å². The van der Waals surface area contributed by atoms with Gasteiger partial charge in [0, 0.05) is 17.8 Å². The molecule has 3 rings (SSSR count). The summed E-state index contributed by atoms with van der Waals surface area (Å²) in [7, 11) is 1.36. The summed E-state index contributed by atoms with van der Waals surface area (Å²) in [5.74, 6) is -0.318. The second-order valence-corrected chi connectivity index (χ2v) is 8.24. The van der Waals surface area contributed by atoms with E-state index in [1.54, 1.807) is 6.92 Å². The van der Waals surface area contributed by atoms with E-state index in [4.69, 9.17) is 19.3 Å². The molecule has 182 valence electrons. The molecule has 0 saturated heterocycles. The molecule has 0 bridgehead atoms. The lowest BCUT2D eigenvalue weighted by molar-refractivity contribution is -0.136. The average molecular weight is 499 g/mol. The maximum Gasteiger partial charge on any atom is 0.520 e. The number of nitrogens with zero attached hydrogens (tertiary/aromatic N) is 1. The Morgan fingerprint density at radius 1 is 1.15 bits per heavy atom. The number of halogens is 2. The lowest BCUT2D eigenvalue weighted by Gasteiger charge is -2.39. The van der Waals surface area contributed by atoms with Crippen molar-refractivity contribution in [3.8, 4) is 0 Å². The fraction of sp³-hybridized carbons (Fsp3) is 0.417. The predicted octanol–water partition coefficient (Wildman–Crippen LogP) is 4.79. The predicted molar refractivity (Wildman–Crippen MR) is 134 cm³/mol. The Morgan fingerprint density at radius 2 is 1.76 bits per heavy atom. The number of benzene rings is 1. The summed E-state index contributed by atoms with van der Waals surface area (Å²) in [5.41, 5.74) is 11.2. The van der Waals surface area contributed by atoms with Crippen molar-refractivity contribution in [3.05, 3.63) is 68.6 Å². The maximum absolute atomic E-state index is 13.0. The van der Waals surface area contributed by atoms with Crippen molar-refractivity contribution in [3.63, 3.8) is 0 Å². The number of ether oxygens (including phenoxy) is 1. The summed E-state index contributed by atoms with van der Waals surface area (Å²) in [6, 6.07) is 7.52. The van der Waals surface area contributed by atoms with E-state index in [1.807, 2.05) is 43.0 Å². The van der Waals surface area contributed by atoms with Gasteiger partial charge in [0.1, 0.15) is 0 Å². The molecule has 2 aromatic rings. The van der Waals surface area contributed by atoms with Crippen LogP contribution in [-0.4, -0.2) is 25.7 Å². The van der Waals surface area contributed by atoms with Gasteiger partial charge in [0.2, 0.25) is 5.88 Å². The van der Waals surface area contributed by atoms with Gasteiger partial charge in [0.25, 0.3) is 0 Å². The highest BCUT2D eigenvalue weighted by Crippen LogP contribution is 2.43. The zero-order valence-electron chi connectivity index (χ0n) is 19.8. The number of methoxy groups -OCH3 is 1. The summed E-state index contributed by atoms with van der Waals surface area (Å²) >= 11 is 0. The number of carbonyl (C=O) groups excluding carboxylic acids is 1. The van der Waals surface area contributed by atoms with Crippen molar-refractivity contribution in [2.75, 3.05) is 18.6 Å². The monoisotopic (exact) mass is 498 g/mol. The van der Waals surface area contributed by atoms with Crippen LogP contribution in [0, 0.1) is 19.8 Å². The number of rotatable bonds is 6. The van der Waals surface area contributed by atoms with Gasteiger partial charge in [-0.15, -0.1) is 24.8 Å². The van der Waals surface area contributed by atoms with Crippen LogP contribution in [0.25, 0.3) is 5.57 Å². The van der Waals surface area contributed by atoms with Gasteiger partial charge >= 0.3 is 11.8 Å². The van der Waals surface area contributed by atoms with Crippen LogP contribution in [0.4, 0.5) is 5.88 Å². The fourth-order valence-electron chi connectivity index (χ4n) is 4.14. The first-order chi connectivity index (χ1) is 14.7. The number of aryl methyl sites for hydroxylation is 2.